The molecule has 0 aliphatic heterocycles. The number of hydrogen-bond donors (Lipinski definition) is 2. The average molecular weight is 435 g/mol. The molecule has 8 heteroatoms. The lowest BCUT2D eigenvalue weighted by molar-refractivity contribution is -0.119. The molecule has 1 saturated carbocycles. The van der Waals surface area contributed by atoms with Crippen molar-refractivity contribution >= 4 is 17.5 Å². The van der Waals surface area contributed by atoms with Crippen LogP contribution in [0, 0.1) is 12.8 Å². The first kappa shape index (κ1) is 21.8. The zero-order valence-electron chi connectivity index (χ0n) is 18.8. The third-order valence-corrected chi connectivity index (χ3v) is 6.29. The van der Waals surface area contributed by atoms with E-state index in [4.69, 9.17) is 0 Å². The van der Waals surface area contributed by atoms with Crippen molar-refractivity contribution in [1.29, 1.82) is 0 Å². The number of aryl methyl sites for hydroxylation is 3. The molecule has 1 fully saturated rings. The Morgan fingerprint density at radius 2 is 1.78 bits per heavy atom. The number of carbonyl (C=O) groups is 2. The molecule has 1 aromatic carbocycles. The maximum Gasteiger partial charge on any atom is 0.270 e. The number of rotatable bonds is 6. The molecular formula is C24H30N6O2. The standard InChI is InChI=1S/C24H30N6O2/c1-16-22(29(2)15-25-16)18-9-11-19(12-10-18)27-24(32)21(17-7-5-4-6-8-17)28-23(31)20-13-14-26-30(20)3/h9-15,17,21H,4-8H2,1-3H3,(H,27,32)(H,28,31). The van der Waals surface area contributed by atoms with Crippen LogP contribution in [0.15, 0.2) is 42.9 Å². The fourth-order valence-corrected chi connectivity index (χ4v) is 4.57. The van der Waals surface area contributed by atoms with E-state index in [9.17, 15) is 9.59 Å². The van der Waals surface area contributed by atoms with Crippen LogP contribution in [0.1, 0.15) is 48.3 Å². The van der Waals surface area contributed by atoms with Crippen LogP contribution in [0.25, 0.3) is 11.3 Å². The number of carbonyl (C=O) groups excluding carboxylic acids is 2. The van der Waals surface area contributed by atoms with E-state index >= 15 is 0 Å². The van der Waals surface area contributed by atoms with E-state index in [1.165, 1.54) is 11.1 Å². The zero-order valence-corrected chi connectivity index (χ0v) is 18.8. The van der Waals surface area contributed by atoms with E-state index in [1.54, 1.807) is 25.6 Å². The van der Waals surface area contributed by atoms with Gasteiger partial charge in [0.2, 0.25) is 5.91 Å². The van der Waals surface area contributed by atoms with Crippen LogP contribution >= 0.6 is 0 Å². The summed E-state index contributed by atoms with van der Waals surface area (Å²) in [6.07, 6.45) is 8.57. The summed E-state index contributed by atoms with van der Waals surface area (Å²) in [6, 6.07) is 8.80. The summed E-state index contributed by atoms with van der Waals surface area (Å²) >= 11 is 0. The molecule has 0 radical (unpaired) electrons. The second-order valence-corrected chi connectivity index (χ2v) is 8.55. The highest BCUT2D eigenvalue weighted by Crippen LogP contribution is 2.28. The molecule has 2 aromatic heterocycles. The van der Waals surface area contributed by atoms with Crippen LogP contribution in [0.4, 0.5) is 5.69 Å². The van der Waals surface area contributed by atoms with Gasteiger partial charge in [-0.25, -0.2) is 4.98 Å². The highest BCUT2D eigenvalue weighted by atomic mass is 16.2. The van der Waals surface area contributed by atoms with Gasteiger partial charge in [0, 0.05) is 31.5 Å². The monoisotopic (exact) mass is 434 g/mol. The molecule has 168 valence electrons. The van der Waals surface area contributed by atoms with Crippen LogP contribution in [-0.4, -0.2) is 37.2 Å². The highest BCUT2D eigenvalue weighted by Gasteiger charge is 2.31. The van der Waals surface area contributed by atoms with E-state index in [-0.39, 0.29) is 17.7 Å². The predicted octanol–water partition coefficient (Wildman–Crippen LogP) is 3.45. The second kappa shape index (κ2) is 9.38. The largest absolute Gasteiger partial charge is 0.339 e. The minimum Gasteiger partial charge on any atom is -0.339 e. The zero-order chi connectivity index (χ0) is 22.7. The predicted molar refractivity (Wildman–Crippen MR) is 123 cm³/mol. The average Bonchev–Trinajstić information content (AvgIpc) is 3.37. The number of aromatic nitrogens is 4. The van der Waals surface area contributed by atoms with Crippen LogP contribution in [0.2, 0.25) is 0 Å². The normalized spacial score (nSPS) is 15.3. The fourth-order valence-electron chi connectivity index (χ4n) is 4.57. The number of imidazole rings is 1. The minimum atomic E-state index is -0.586. The molecule has 2 N–H and O–H groups in total. The lowest BCUT2D eigenvalue weighted by Crippen LogP contribution is -2.49. The van der Waals surface area contributed by atoms with Gasteiger partial charge in [-0.15, -0.1) is 0 Å². The van der Waals surface area contributed by atoms with Crippen LogP contribution in [0.3, 0.4) is 0 Å². The van der Waals surface area contributed by atoms with Gasteiger partial charge in [0.1, 0.15) is 11.7 Å². The van der Waals surface area contributed by atoms with Crippen molar-refractivity contribution in [3.63, 3.8) is 0 Å². The van der Waals surface area contributed by atoms with Crippen molar-refractivity contribution in [2.45, 2.75) is 45.1 Å². The topological polar surface area (TPSA) is 93.8 Å². The van der Waals surface area contributed by atoms with Crippen molar-refractivity contribution in [1.82, 2.24) is 24.6 Å². The first-order chi connectivity index (χ1) is 15.4. The first-order valence-electron chi connectivity index (χ1n) is 11.1. The lowest BCUT2D eigenvalue weighted by Gasteiger charge is -2.30. The lowest BCUT2D eigenvalue weighted by atomic mass is 9.83. The SMILES string of the molecule is Cc1ncn(C)c1-c1ccc(NC(=O)C(NC(=O)c2ccnn2C)C2CCCCC2)cc1. The summed E-state index contributed by atoms with van der Waals surface area (Å²) in [6.45, 7) is 1.98. The first-order valence-corrected chi connectivity index (χ1v) is 11.1. The molecule has 3 aromatic rings. The van der Waals surface area contributed by atoms with E-state index in [2.05, 4.69) is 20.7 Å². The Bertz CT molecular complexity index is 1070. The molecule has 1 aliphatic rings. The van der Waals surface area contributed by atoms with Gasteiger partial charge < -0.3 is 15.2 Å². The van der Waals surface area contributed by atoms with Crippen LogP contribution in [-0.2, 0) is 18.9 Å². The van der Waals surface area contributed by atoms with Crippen molar-refractivity contribution < 1.29 is 9.59 Å². The van der Waals surface area contributed by atoms with Crippen molar-refractivity contribution in [3.8, 4) is 11.3 Å². The van der Waals surface area contributed by atoms with Gasteiger partial charge >= 0.3 is 0 Å². The Labute approximate surface area is 188 Å². The Kier molecular flexibility index (Phi) is 6.39. The van der Waals surface area contributed by atoms with Gasteiger partial charge in [-0.3, -0.25) is 14.3 Å². The Hall–Kier alpha value is -3.42. The van der Waals surface area contributed by atoms with E-state index in [0.717, 1.165) is 42.6 Å². The van der Waals surface area contributed by atoms with Gasteiger partial charge in [-0.2, -0.15) is 5.10 Å². The summed E-state index contributed by atoms with van der Waals surface area (Å²) in [7, 11) is 3.68. The number of benzene rings is 1. The molecule has 2 heterocycles. The number of anilines is 1. The van der Waals surface area contributed by atoms with Crippen molar-refractivity contribution in [3.05, 3.63) is 54.2 Å². The summed E-state index contributed by atoms with van der Waals surface area (Å²) in [5, 5.41) is 10.0. The van der Waals surface area contributed by atoms with E-state index < -0.39 is 6.04 Å². The maximum absolute atomic E-state index is 13.3. The molecule has 1 aliphatic carbocycles. The number of nitrogens with zero attached hydrogens (tertiary/aromatic N) is 4. The van der Waals surface area contributed by atoms with Gasteiger partial charge in [0.05, 0.1) is 17.7 Å². The van der Waals surface area contributed by atoms with Gasteiger partial charge in [0.25, 0.3) is 5.91 Å². The number of hydrogen-bond acceptors (Lipinski definition) is 4. The molecule has 0 saturated heterocycles. The molecule has 2 amide bonds. The smallest absolute Gasteiger partial charge is 0.270 e. The molecule has 1 atom stereocenters. The number of amides is 2. The molecular weight excluding hydrogens is 404 g/mol. The third kappa shape index (κ3) is 4.59. The van der Waals surface area contributed by atoms with Crippen LogP contribution < -0.4 is 10.6 Å². The molecule has 32 heavy (non-hydrogen) atoms. The van der Waals surface area contributed by atoms with Crippen molar-refractivity contribution in [2.24, 2.45) is 20.0 Å². The molecule has 0 spiro atoms. The van der Waals surface area contributed by atoms with E-state index in [1.807, 2.05) is 42.8 Å². The molecule has 4 rings (SSSR count). The molecule has 1 unspecified atom stereocenters. The van der Waals surface area contributed by atoms with E-state index in [0.29, 0.717) is 11.4 Å². The maximum atomic E-state index is 13.3. The van der Waals surface area contributed by atoms with Gasteiger partial charge in [-0.05, 0) is 43.9 Å². The second-order valence-electron chi connectivity index (χ2n) is 8.55. The van der Waals surface area contributed by atoms with Crippen molar-refractivity contribution in [2.75, 3.05) is 5.32 Å². The Balaban J connectivity index is 1.50. The number of nitrogens with one attached hydrogen (secondary N) is 2. The minimum absolute atomic E-state index is 0.122. The molecule has 0 bridgehead atoms. The van der Waals surface area contributed by atoms with Crippen LogP contribution in [0.5, 0.6) is 0 Å². The van der Waals surface area contributed by atoms with Gasteiger partial charge in [0.15, 0.2) is 0 Å². The Morgan fingerprint density at radius 1 is 1.06 bits per heavy atom. The third-order valence-electron chi connectivity index (χ3n) is 6.29. The Morgan fingerprint density at radius 3 is 2.38 bits per heavy atom. The fraction of sp³-hybridized carbons (Fsp3) is 0.417. The summed E-state index contributed by atoms with van der Waals surface area (Å²) in [4.78, 5) is 30.4. The summed E-state index contributed by atoms with van der Waals surface area (Å²) < 4.78 is 3.50. The summed E-state index contributed by atoms with van der Waals surface area (Å²) in [5.41, 5.74) is 4.18. The molecule has 8 nitrogen and oxygen atoms in total. The summed E-state index contributed by atoms with van der Waals surface area (Å²) in [5.74, 6) is -0.341. The highest BCUT2D eigenvalue weighted by molar-refractivity contribution is 6.00. The quantitative estimate of drug-likeness (QED) is 0.621. The van der Waals surface area contributed by atoms with Gasteiger partial charge in [-0.1, -0.05) is 31.4 Å².